The van der Waals surface area contributed by atoms with Crippen molar-refractivity contribution in [3.8, 4) is 0 Å². The van der Waals surface area contributed by atoms with Gasteiger partial charge < -0.3 is 10.6 Å². The minimum absolute atomic E-state index is 0.138. The number of thiazole rings is 1. The number of fused-ring (bicyclic) bond motifs is 1. The van der Waals surface area contributed by atoms with E-state index in [4.69, 9.17) is 0 Å². The zero-order chi connectivity index (χ0) is 15.7. The summed E-state index contributed by atoms with van der Waals surface area (Å²) in [6, 6.07) is 7.40. The Morgan fingerprint density at radius 3 is 2.91 bits per heavy atom. The summed E-state index contributed by atoms with van der Waals surface area (Å²) in [4.78, 5) is 28.7. The molecule has 1 aliphatic rings. The Bertz CT molecular complexity index is 724. The van der Waals surface area contributed by atoms with Gasteiger partial charge >= 0.3 is 0 Å². The number of nitrogens with one attached hydrogen (secondary N) is 2. The molecule has 1 aromatic heterocycles. The molecule has 0 saturated heterocycles. The maximum absolute atomic E-state index is 12.5. The molecule has 2 N–H and O–H groups in total. The molecule has 3 rings (SSSR count). The van der Waals surface area contributed by atoms with Crippen molar-refractivity contribution in [1.29, 1.82) is 0 Å². The standard InChI is InChI=1S/C16H17N3O2S/c1-9(2)13-8-22-16(18-13)19-15(21)11-7-14(20)17-12-6-4-3-5-10(11)12/h3-6,8-9,11H,7H2,1-2H3,(H,17,20)(H,18,19,21)/t11-/m0/s1. The quantitative estimate of drug-likeness (QED) is 0.912. The summed E-state index contributed by atoms with van der Waals surface area (Å²) in [5.41, 5.74) is 2.52. The van der Waals surface area contributed by atoms with Crippen LogP contribution in [0.15, 0.2) is 29.6 Å². The summed E-state index contributed by atoms with van der Waals surface area (Å²) >= 11 is 1.41. The van der Waals surface area contributed by atoms with Gasteiger partial charge in [-0.1, -0.05) is 32.0 Å². The van der Waals surface area contributed by atoms with Crippen LogP contribution in [-0.4, -0.2) is 16.8 Å². The number of anilines is 2. The van der Waals surface area contributed by atoms with Crippen LogP contribution in [0.2, 0.25) is 0 Å². The van der Waals surface area contributed by atoms with Crippen molar-refractivity contribution in [2.24, 2.45) is 0 Å². The van der Waals surface area contributed by atoms with Gasteiger partial charge in [0.25, 0.3) is 0 Å². The summed E-state index contributed by atoms with van der Waals surface area (Å²) in [5.74, 6) is -0.479. The second kappa shape index (κ2) is 5.88. The van der Waals surface area contributed by atoms with Gasteiger partial charge in [-0.15, -0.1) is 11.3 Å². The van der Waals surface area contributed by atoms with Crippen LogP contribution in [0.25, 0.3) is 0 Å². The molecule has 1 aromatic carbocycles. The zero-order valence-electron chi connectivity index (χ0n) is 12.4. The van der Waals surface area contributed by atoms with Gasteiger partial charge in [-0.05, 0) is 17.5 Å². The molecule has 6 heteroatoms. The third-order valence-electron chi connectivity index (χ3n) is 3.66. The van der Waals surface area contributed by atoms with E-state index in [2.05, 4.69) is 29.5 Å². The smallest absolute Gasteiger partial charge is 0.234 e. The van der Waals surface area contributed by atoms with Crippen LogP contribution in [0.3, 0.4) is 0 Å². The molecule has 0 saturated carbocycles. The highest BCUT2D eigenvalue weighted by atomic mass is 32.1. The molecule has 1 atom stereocenters. The van der Waals surface area contributed by atoms with E-state index in [0.717, 1.165) is 11.3 Å². The highest BCUT2D eigenvalue weighted by Gasteiger charge is 2.30. The van der Waals surface area contributed by atoms with E-state index < -0.39 is 5.92 Å². The molecular formula is C16H17N3O2S. The lowest BCUT2D eigenvalue weighted by atomic mass is 9.90. The second-order valence-corrected chi connectivity index (χ2v) is 6.47. The molecule has 0 aliphatic carbocycles. The van der Waals surface area contributed by atoms with Crippen molar-refractivity contribution in [3.63, 3.8) is 0 Å². The Kier molecular flexibility index (Phi) is 3.94. The fourth-order valence-electron chi connectivity index (χ4n) is 2.45. The van der Waals surface area contributed by atoms with Crippen LogP contribution in [0.4, 0.5) is 10.8 Å². The average molecular weight is 315 g/mol. The first-order valence-corrected chi connectivity index (χ1v) is 8.07. The lowest BCUT2D eigenvalue weighted by Crippen LogP contribution is -2.30. The van der Waals surface area contributed by atoms with Crippen LogP contribution >= 0.6 is 11.3 Å². The number of hydrogen-bond acceptors (Lipinski definition) is 4. The number of carbonyl (C=O) groups is 2. The van der Waals surface area contributed by atoms with Gasteiger partial charge in [-0.2, -0.15) is 0 Å². The molecular weight excluding hydrogens is 298 g/mol. The van der Waals surface area contributed by atoms with E-state index >= 15 is 0 Å². The number of benzene rings is 1. The highest BCUT2D eigenvalue weighted by Crippen LogP contribution is 2.33. The van der Waals surface area contributed by atoms with Gasteiger partial charge in [0, 0.05) is 17.5 Å². The van der Waals surface area contributed by atoms with E-state index in [1.54, 1.807) is 0 Å². The van der Waals surface area contributed by atoms with Crippen molar-refractivity contribution in [2.45, 2.75) is 32.1 Å². The van der Waals surface area contributed by atoms with Crippen LogP contribution in [0.1, 0.15) is 43.4 Å². The first kappa shape index (κ1) is 14.7. The average Bonchev–Trinajstić information content (AvgIpc) is 2.95. The number of hydrogen-bond donors (Lipinski definition) is 2. The Labute approximate surface area is 132 Å². The molecule has 1 aliphatic heterocycles. The number of carbonyl (C=O) groups excluding carboxylic acids is 2. The van der Waals surface area contributed by atoms with Gasteiger partial charge in [-0.25, -0.2) is 4.98 Å². The normalized spacial score (nSPS) is 17.0. The molecule has 0 fully saturated rings. The number of nitrogens with zero attached hydrogens (tertiary/aromatic N) is 1. The maximum atomic E-state index is 12.5. The molecule has 5 nitrogen and oxygen atoms in total. The van der Waals surface area contributed by atoms with E-state index in [-0.39, 0.29) is 18.2 Å². The molecule has 22 heavy (non-hydrogen) atoms. The monoisotopic (exact) mass is 315 g/mol. The fraction of sp³-hybridized carbons (Fsp3) is 0.312. The predicted octanol–water partition coefficient (Wildman–Crippen LogP) is 3.33. The number of para-hydroxylation sites is 1. The first-order chi connectivity index (χ1) is 10.5. The van der Waals surface area contributed by atoms with Crippen LogP contribution in [0.5, 0.6) is 0 Å². The number of rotatable bonds is 3. The molecule has 2 aromatic rings. The minimum Gasteiger partial charge on any atom is -0.326 e. The lowest BCUT2D eigenvalue weighted by Gasteiger charge is -2.24. The van der Waals surface area contributed by atoms with Crippen LogP contribution in [0, 0.1) is 0 Å². The molecule has 2 amide bonds. The van der Waals surface area contributed by atoms with Gasteiger partial charge in [0.2, 0.25) is 11.8 Å². The summed E-state index contributed by atoms with van der Waals surface area (Å²) in [7, 11) is 0. The Hall–Kier alpha value is -2.21. The molecule has 2 heterocycles. The van der Waals surface area contributed by atoms with Crippen LogP contribution < -0.4 is 10.6 Å². The van der Waals surface area contributed by atoms with Gasteiger partial charge in [-0.3, -0.25) is 9.59 Å². The predicted molar refractivity (Wildman–Crippen MR) is 87.3 cm³/mol. The molecule has 0 unspecified atom stereocenters. The van der Waals surface area contributed by atoms with Gasteiger partial charge in [0.1, 0.15) is 0 Å². The SMILES string of the molecule is CC(C)c1csc(NC(=O)[C@H]2CC(=O)Nc3ccccc32)n1. The fourth-order valence-corrected chi connectivity index (χ4v) is 3.32. The molecule has 114 valence electrons. The second-order valence-electron chi connectivity index (χ2n) is 5.61. The summed E-state index contributed by atoms with van der Waals surface area (Å²) in [6.07, 6.45) is 0.158. The Balaban J connectivity index is 1.81. The zero-order valence-corrected chi connectivity index (χ0v) is 13.2. The van der Waals surface area contributed by atoms with Crippen molar-refractivity contribution in [2.75, 3.05) is 10.6 Å². The largest absolute Gasteiger partial charge is 0.326 e. The third-order valence-corrected chi connectivity index (χ3v) is 4.44. The van der Waals surface area contributed by atoms with Crippen molar-refractivity contribution in [3.05, 3.63) is 40.9 Å². The lowest BCUT2D eigenvalue weighted by molar-refractivity contribution is -0.123. The summed E-state index contributed by atoms with van der Waals surface area (Å²) < 4.78 is 0. The first-order valence-electron chi connectivity index (χ1n) is 7.19. The van der Waals surface area contributed by atoms with E-state index in [1.807, 2.05) is 29.6 Å². The number of amides is 2. The Morgan fingerprint density at radius 1 is 1.41 bits per heavy atom. The van der Waals surface area contributed by atoms with Gasteiger partial charge in [0.15, 0.2) is 5.13 Å². The maximum Gasteiger partial charge on any atom is 0.234 e. The highest BCUT2D eigenvalue weighted by molar-refractivity contribution is 7.13. The summed E-state index contributed by atoms with van der Waals surface area (Å²) in [5, 5.41) is 8.16. The third kappa shape index (κ3) is 2.87. The minimum atomic E-state index is -0.476. The molecule has 0 spiro atoms. The summed E-state index contributed by atoms with van der Waals surface area (Å²) in [6.45, 7) is 4.12. The van der Waals surface area contributed by atoms with Crippen molar-refractivity contribution < 1.29 is 9.59 Å². The van der Waals surface area contributed by atoms with Gasteiger partial charge in [0.05, 0.1) is 11.6 Å². The molecule has 0 radical (unpaired) electrons. The molecule has 0 bridgehead atoms. The van der Waals surface area contributed by atoms with E-state index in [0.29, 0.717) is 16.7 Å². The van der Waals surface area contributed by atoms with Crippen molar-refractivity contribution in [1.82, 2.24) is 4.98 Å². The topological polar surface area (TPSA) is 71.1 Å². The van der Waals surface area contributed by atoms with E-state index in [9.17, 15) is 9.59 Å². The van der Waals surface area contributed by atoms with Crippen molar-refractivity contribution >= 4 is 34.0 Å². The van der Waals surface area contributed by atoms with Crippen LogP contribution in [-0.2, 0) is 9.59 Å². The number of aromatic nitrogens is 1. The van der Waals surface area contributed by atoms with E-state index in [1.165, 1.54) is 11.3 Å². The Morgan fingerprint density at radius 2 is 2.18 bits per heavy atom.